The average Bonchev–Trinajstić information content (AvgIpc) is 3.74. The molecule has 56 heavy (non-hydrogen) atoms. The minimum absolute atomic E-state index is 0.124. The van der Waals surface area contributed by atoms with Crippen LogP contribution in [0, 0.1) is 0 Å². The highest BCUT2D eigenvalue weighted by molar-refractivity contribution is 7.26. The smallest absolute Gasteiger partial charge is 0.0972 e. The van der Waals surface area contributed by atoms with Crippen LogP contribution in [-0.4, -0.2) is 9.97 Å². The molecule has 1 aliphatic carbocycles. The summed E-state index contributed by atoms with van der Waals surface area (Å²) in [6, 6.07) is 60.0. The zero-order valence-electron chi connectivity index (χ0n) is 31.0. The maximum atomic E-state index is 5.40. The molecule has 11 aromatic rings. The van der Waals surface area contributed by atoms with Gasteiger partial charge in [-0.3, -0.25) is 4.98 Å². The number of thiophene rings is 1. The van der Waals surface area contributed by atoms with Gasteiger partial charge in [-0.15, -0.1) is 11.3 Å². The SMILES string of the molecule is CC1(C)c2cc(-c3ccc(-c4ccc5ccc6cc(-c7ccccc7)cnc6c5n4)c4c3ccc3ccccc34)ccc2-c2c1ccc1c2sc2ccccc21. The summed E-state index contributed by atoms with van der Waals surface area (Å²) in [4.78, 5) is 10.4. The molecule has 12 rings (SSSR count). The standard InChI is InChI=1S/C53H34N2S/c1-53(2)44-26-25-41-39-14-8-9-15-47(39)56-52(41)49(44)42-22-19-34(29-45(42)53)37-23-24-43(48-38-13-7-6-12-32(38)18-21-40(37)48)46-27-20-33-16-17-35-28-36(31-10-4-3-5-11-31)30-54-50(35)51(33)55-46/h3-30H,1-2H3. The Morgan fingerprint density at radius 1 is 0.464 bits per heavy atom. The Morgan fingerprint density at radius 2 is 1.20 bits per heavy atom. The minimum atomic E-state index is -0.124. The van der Waals surface area contributed by atoms with Crippen molar-refractivity contribution < 1.29 is 0 Å². The Labute approximate surface area is 328 Å². The lowest BCUT2D eigenvalue weighted by atomic mass is 9.81. The Kier molecular flexibility index (Phi) is 6.59. The molecule has 0 atom stereocenters. The van der Waals surface area contributed by atoms with Crippen LogP contribution in [0.15, 0.2) is 170 Å². The number of hydrogen-bond donors (Lipinski definition) is 0. The fraction of sp³-hybridized carbons (Fsp3) is 0.0566. The topological polar surface area (TPSA) is 25.8 Å². The van der Waals surface area contributed by atoms with E-state index in [-0.39, 0.29) is 5.41 Å². The number of aromatic nitrogens is 2. The molecular weight excluding hydrogens is 697 g/mol. The summed E-state index contributed by atoms with van der Waals surface area (Å²) in [6.45, 7) is 4.78. The summed E-state index contributed by atoms with van der Waals surface area (Å²) in [7, 11) is 0. The molecule has 0 unspecified atom stereocenters. The minimum Gasteiger partial charge on any atom is -0.253 e. The van der Waals surface area contributed by atoms with E-state index in [2.05, 4.69) is 172 Å². The van der Waals surface area contributed by atoms with Crippen molar-refractivity contribution in [1.82, 2.24) is 9.97 Å². The van der Waals surface area contributed by atoms with Crippen molar-refractivity contribution in [1.29, 1.82) is 0 Å². The van der Waals surface area contributed by atoms with Crippen LogP contribution in [0.25, 0.3) is 108 Å². The zero-order chi connectivity index (χ0) is 37.1. The maximum absolute atomic E-state index is 5.40. The highest BCUT2D eigenvalue weighted by atomic mass is 32.1. The average molecular weight is 731 g/mol. The van der Waals surface area contributed by atoms with Gasteiger partial charge in [0.25, 0.3) is 0 Å². The summed E-state index contributed by atoms with van der Waals surface area (Å²) < 4.78 is 2.74. The lowest BCUT2D eigenvalue weighted by molar-refractivity contribution is 0.661. The van der Waals surface area contributed by atoms with Gasteiger partial charge >= 0.3 is 0 Å². The van der Waals surface area contributed by atoms with Gasteiger partial charge in [0.1, 0.15) is 0 Å². The molecule has 3 heterocycles. The van der Waals surface area contributed by atoms with Crippen molar-refractivity contribution in [3.63, 3.8) is 0 Å². The number of nitrogens with zero attached hydrogens (tertiary/aromatic N) is 2. The van der Waals surface area contributed by atoms with Gasteiger partial charge in [0, 0.05) is 59.2 Å². The molecule has 0 aliphatic heterocycles. The predicted molar refractivity (Wildman–Crippen MR) is 239 cm³/mol. The van der Waals surface area contributed by atoms with Gasteiger partial charge in [0.15, 0.2) is 0 Å². The quantitative estimate of drug-likeness (QED) is 0.169. The van der Waals surface area contributed by atoms with E-state index in [1.165, 1.54) is 75.1 Å². The van der Waals surface area contributed by atoms with Crippen LogP contribution < -0.4 is 0 Å². The molecule has 3 aromatic heterocycles. The number of fused-ring (bicyclic) bond motifs is 13. The molecule has 1 aliphatic rings. The van der Waals surface area contributed by atoms with E-state index in [1.807, 2.05) is 23.6 Å². The first-order chi connectivity index (χ1) is 27.5. The highest BCUT2D eigenvalue weighted by Gasteiger charge is 2.37. The monoisotopic (exact) mass is 730 g/mol. The molecule has 0 amide bonds. The van der Waals surface area contributed by atoms with Gasteiger partial charge in [-0.2, -0.15) is 0 Å². The Bertz CT molecular complexity index is 3450. The number of hydrogen-bond acceptors (Lipinski definition) is 3. The normalized spacial score (nSPS) is 13.3. The van der Waals surface area contributed by atoms with Crippen LogP contribution in [0.2, 0.25) is 0 Å². The van der Waals surface area contributed by atoms with Gasteiger partial charge in [-0.1, -0.05) is 153 Å². The third-order valence-corrected chi connectivity index (χ3v) is 13.5. The van der Waals surface area contributed by atoms with E-state index < -0.39 is 0 Å². The van der Waals surface area contributed by atoms with E-state index in [1.54, 1.807) is 0 Å². The van der Waals surface area contributed by atoms with Gasteiger partial charge in [0.2, 0.25) is 0 Å². The largest absolute Gasteiger partial charge is 0.253 e. The van der Waals surface area contributed by atoms with Gasteiger partial charge < -0.3 is 0 Å². The molecular formula is C53H34N2S. The van der Waals surface area contributed by atoms with Crippen LogP contribution in [0.3, 0.4) is 0 Å². The Balaban J connectivity index is 1.04. The lowest BCUT2D eigenvalue weighted by Gasteiger charge is -2.22. The molecule has 0 spiro atoms. The Morgan fingerprint density at radius 3 is 2.11 bits per heavy atom. The fourth-order valence-electron chi connectivity index (χ4n) is 9.48. The predicted octanol–water partition coefficient (Wildman–Crippen LogP) is 14.8. The summed E-state index contributed by atoms with van der Waals surface area (Å²) in [5.41, 5.74) is 14.1. The third-order valence-electron chi connectivity index (χ3n) is 12.3. The highest BCUT2D eigenvalue weighted by Crippen LogP contribution is 2.55. The summed E-state index contributed by atoms with van der Waals surface area (Å²) in [6.07, 6.45) is 1.98. The number of pyridine rings is 2. The molecule has 8 aromatic carbocycles. The van der Waals surface area contributed by atoms with Crippen LogP contribution in [-0.2, 0) is 5.41 Å². The summed E-state index contributed by atoms with van der Waals surface area (Å²) in [5, 5.41) is 9.78. The molecule has 0 saturated heterocycles. The Hall–Kier alpha value is -6.68. The first-order valence-corrected chi connectivity index (χ1v) is 20.1. The van der Waals surface area contributed by atoms with E-state index >= 15 is 0 Å². The fourth-order valence-corrected chi connectivity index (χ4v) is 10.7. The molecule has 262 valence electrons. The van der Waals surface area contributed by atoms with Crippen molar-refractivity contribution in [2.45, 2.75) is 19.3 Å². The molecule has 3 heteroatoms. The van der Waals surface area contributed by atoms with E-state index in [9.17, 15) is 0 Å². The van der Waals surface area contributed by atoms with Crippen LogP contribution in [0.1, 0.15) is 25.0 Å². The van der Waals surface area contributed by atoms with Gasteiger partial charge in [-0.25, -0.2) is 4.98 Å². The number of rotatable bonds is 3. The molecule has 0 N–H and O–H groups in total. The van der Waals surface area contributed by atoms with Crippen LogP contribution in [0.4, 0.5) is 0 Å². The van der Waals surface area contributed by atoms with E-state index in [4.69, 9.17) is 9.97 Å². The second-order valence-corrected chi connectivity index (χ2v) is 16.8. The first-order valence-electron chi connectivity index (χ1n) is 19.3. The van der Waals surface area contributed by atoms with Gasteiger partial charge in [0.05, 0.1) is 16.7 Å². The second kappa shape index (κ2) is 11.7. The number of benzene rings is 8. The molecule has 0 fully saturated rings. The summed E-state index contributed by atoms with van der Waals surface area (Å²) >= 11 is 1.93. The summed E-state index contributed by atoms with van der Waals surface area (Å²) in [5.74, 6) is 0. The van der Waals surface area contributed by atoms with Crippen molar-refractivity contribution in [2.24, 2.45) is 0 Å². The van der Waals surface area contributed by atoms with E-state index in [0.717, 1.165) is 44.2 Å². The van der Waals surface area contributed by atoms with Crippen LogP contribution >= 0.6 is 11.3 Å². The maximum Gasteiger partial charge on any atom is 0.0972 e. The van der Waals surface area contributed by atoms with Crippen LogP contribution in [0.5, 0.6) is 0 Å². The molecule has 0 bridgehead atoms. The van der Waals surface area contributed by atoms with Crippen molar-refractivity contribution in [2.75, 3.05) is 0 Å². The van der Waals surface area contributed by atoms with Crippen molar-refractivity contribution >= 4 is 74.9 Å². The molecule has 0 radical (unpaired) electrons. The van der Waals surface area contributed by atoms with Crippen molar-refractivity contribution in [3.05, 3.63) is 181 Å². The van der Waals surface area contributed by atoms with Gasteiger partial charge in [-0.05, 0) is 79.2 Å². The second-order valence-electron chi connectivity index (χ2n) is 15.7. The molecule has 0 saturated carbocycles. The third kappa shape index (κ3) is 4.49. The van der Waals surface area contributed by atoms with E-state index in [0.29, 0.717) is 0 Å². The lowest BCUT2D eigenvalue weighted by Crippen LogP contribution is -2.14. The molecule has 2 nitrogen and oxygen atoms in total. The first kappa shape index (κ1) is 31.6. The zero-order valence-corrected chi connectivity index (χ0v) is 31.8. The van der Waals surface area contributed by atoms with Crippen molar-refractivity contribution in [3.8, 4) is 44.6 Å².